The molecule has 10 heteroatoms. The summed E-state index contributed by atoms with van der Waals surface area (Å²) in [6.07, 6.45) is 0.668. The molecule has 0 bridgehead atoms. The van der Waals surface area contributed by atoms with Gasteiger partial charge in [0.05, 0.1) is 18.0 Å². The molecule has 1 heterocycles. The lowest BCUT2D eigenvalue weighted by atomic mass is 10.0. The van der Waals surface area contributed by atoms with E-state index in [1.54, 1.807) is 19.2 Å². The molecule has 0 aliphatic rings. The van der Waals surface area contributed by atoms with Crippen LogP contribution in [0.4, 0.5) is 0 Å². The lowest BCUT2D eigenvalue weighted by molar-refractivity contribution is 0.0901. The summed E-state index contributed by atoms with van der Waals surface area (Å²) in [7, 11) is 0.976. The van der Waals surface area contributed by atoms with Crippen LogP contribution < -0.4 is 10.1 Å². The Morgan fingerprint density at radius 2 is 1.74 bits per heavy atom. The molecule has 1 aromatic heterocycles. The van der Waals surface area contributed by atoms with Crippen LogP contribution in [-0.4, -0.2) is 50.0 Å². The van der Waals surface area contributed by atoms with Crippen molar-refractivity contribution in [1.82, 2.24) is 19.8 Å². The van der Waals surface area contributed by atoms with Gasteiger partial charge in [0.15, 0.2) is 0 Å². The molecule has 0 aliphatic heterocycles. The fourth-order valence-corrected chi connectivity index (χ4v) is 3.79. The Bertz CT molecular complexity index is 1140. The quantitative estimate of drug-likeness (QED) is 0.568. The highest BCUT2D eigenvalue weighted by atomic mass is 32.2. The number of hydrogen-bond acceptors (Lipinski definition) is 7. The van der Waals surface area contributed by atoms with Gasteiger partial charge >= 0.3 is 11.8 Å². The molecule has 1 amide bonds. The van der Waals surface area contributed by atoms with E-state index in [2.05, 4.69) is 15.5 Å². The summed E-state index contributed by atoms with van der Waals surface area (Å²) >= 11 is 0. The highest BCUT2D eigenvalue weighted by molar-refractivity contribution is 7.89. The van der Waals surface area contributed by atoms with Gasteiger partial charge in [0.2, 0.25) is 15.9 Å². The maximum absolute atomic E-state index is 12.6. The number of aromatic nitrogens is 2. The predicted octanol–water partition coefficient (Wildman–Crippen LogP) is 2.88. The van der Waals surface area contributed by atoms with Crippen molar-refractivity contribution in [1.29, 1.82) is 0 Å². The monoisotopic (exact) mass is 444 g/mol. The zero-order chi connectivity index (χ0) is 22.6. The molecular weight excluding hydrogens is 420 g/mol. The lowest BCUT2D eigenvalue weighted by Crippen LogP contribution is -2.28. The Morgan fingerprint density at radius 3 is 2.29 bits per heavy atom. The number of nitrogens with one attached hydrogen (secondary N) is 1. The van der Waals surface area contributed by atoms with Gasteiger partial charge in [-0.3, -0.25) is 4.79 Å². The maximum atomic E-state index is 12.6. The number of ether oxygens (including phenoxy) is 1. The van der Waals surface area contributed by atoms with Crippen molar-refractivity contribution >= 4 is 15.9 Å². The number of benzene rings is 2. The molecular formula is C21H24N4O5S. The largest absolute Gasteiger partial charge is 0.497 e. The molecule has 1 N–H and O–H groups in total. The maximum Gasteiger partial charge on any atom is 0.309 e. The molecule has 0 fully saturated rings. The summed E-state index contributed by atoms with van der Waals surface area (Å²) in [4.78, 5) is 12.7. The van der Waals surface area contributed by atoms with E-state index in [1.165, 1.54) is 26.2 Å². The van der Waals surface area contributed by atoms with Gasteiger partial charge in [0.25, 0.3) is 0 Å². The van der Waals surface area contributed by atoms with Crippen molar-refractivity contribution in [2.75, 3.05) is 21.2 Å². The lowest BCUT2D eigenvalue weighted by Gasteiger charge is -2.16. The van der Waals surface area contributed by atoms with Gasteiger partial charge in [-0.2, -0.15) is 0 Å². The van der Waals surface area contributed by atoms with E-state index < -0.39 is 15.9 Å². The van der Waals surface area contributed by atoms with Crippen LogP contribution in [0.25, 0.3) is 11.5 Å². The molecule has 3 aromatic rings. The van der Waals surface area contributed by atoms with Crippen LogP contribution in [0.2, 0.25) is 0 Å². The number of nitrogens with zero attached hydrogens (tertiary/aromatic N) is 3. The van der Waals surface area contributed by atoms with E-state index in [-0.39, 0.29) is 22.7 Å². The Kier molecular flexibility index (Phi) is 6.71. The van der Waals surface area contributed by atoms with E-state index in [0.717, 1.165) is 15.6 Å². The zero-order valence-corrected chi connectivity index (χ0v) is 18.5. The topological polar surface area (TPSA) is 115 Å². The van der Waals surface area contributed by atoms with Gasteiger partial charge in [-0.25, -0.2) is 12.7 Å². The van der Waals surface area contributed by atoms with Gasteiger partial charge in [-0.05, 0) is 48.4 Å². The smallest absolute Gasteiger partial charge is 0.309 e. The summed E-state index contributed by atoms with van der Waals surface area (Å²) in [5, 5.41) is 10.6. The first-order valence-electron chi connectivity index (χ1n) is 9.57. The molecule has 0 radical (unpaired) electrons. The van der Waals surface area contributed by atoms with E-state index in [0.29, 0.717) is 12.0 Å². The summed E-state index contributed by atoms with van der Waals surface area (Å²) in [6, 6.07) is 13.2. The average Bonchev–Trinajstić information content (AvgIpc) is 3.28. The molecule has 0 saturated carbocycles. The molecule has 9 nitrogen and oxygen atoms in total. The van der Waals surface area contributed by atoms with Crippen molar-refractivity contribution in [3.63, 3.8) is 0 Å². The fraction of sp³-hybridized carbons (Fsp3) is 0.286. The van der Waals surface area contributed by atoms with E-state index in [1.807, 2.05) is 31.2 Å². The van der Waals surface area contributed by atoms with Crippen LogP contribution in [0.15, 0.2) is 57.8 Å². The highest BCUT2D eigenvalue weighted by Gasteiger charge is 2.21. The third-order valence-electron chi connectivity index (χ3n) is 4.73. The Balaban J connectivity index is 1.74. The number of methoxy groups -OCH3 is 1. The Labute approximate surface area is 181 Å². The number of hydrogen-bond donors (Lipinski definition) is 1. The minimum atomic E-state index is -3.54. The second-order valence-electron chi connectivity index (χ2n) is 6.93. The van der Waals surface area contributed by atoms with Crippen LogP contribution in [0, 0.1) is 0 Å². The van der Waals surface area contributed by atoms with Crippen molar-refractivity contribution in [3.8, 4) is 17.2 Å². The summed E-state index contributed by atoms with van der Waals surface area (Å²) in [6.45, 7) is 1.96. The fourth-order valence-electron chi connectivity index (χ4n) is 2.89. The summed E-state index contributed by atoms with van der Waals surface area (Å²) < 4.78 is 36.1. The standard InChI is InChI=1S/C21H24N4O5S/c1-5-18(14-6-10-16(29-4)11-7-14)22-19(26)21-24-23-20(30-21)15-8-12-17(13-9-15)31(27,28)25(2)3/h6-13,18H,5H2,1-4H3,(H,22,26). The number of amides is 1. The Hall–Kier alpha value is -3.24. The van der Waals surface area contributed by atoms with Crippen molar-refractivity contribution < 1.29 is 22.4 Å². The molecule has 1 atom stereocenters. The predicted molar refractivity (Wildman–Crippen MR) is 114 cm³/mol. The third kappa shape index (κ3) is 4.92. The van der Waals surface area contributed by atoms with E-state index >= 15 is 0 Å². The third-order valence-corrected chi connectivity index (χ3v) is 6.56. The van der Waals surface area contributed by atoms with Crippen molar-refractivity contribution in [2.24, 2.45) is 0 Å². The molecule has 0 saturated heterocycles. The van der Waals surface area contributed by atoms with Crippen molar-refractivity contribution in [3.05, 3.63) is 60.0 Å². The van der Waals surface area contributed by atoms with Crippen LogP contribution in [0.3, 0.4) is 0 Å². The van der Waals surface area contributed by atoms with Crippen LogP contribution in [0.1, 0.15) is 35.6 Å². The summed E-state index contributed by atoms with van der Waals surface area (Å²) in [5.41, 5.74) is 1.43. The van der Waals surface area contributed by atoms with E-state index in [9.17, 15) is 13.2 Å². The Morgan fingerprint density at radius 1 is 1.10 bits per heavy atom. The molecule has 0 spiro atoms. The number of rotatable bonds is 8. The zero-order valence-electron chi connectivity index (χ0n) is 17.7. The highest BCUT2D eigenvalue weighted by Crippen LogP contribution is 2.23. The second-order valence-corrected chi connectivity index (χ2v) is 9.08. The minimum absolute atomic E-state index is 0.122. The number of carbonyl (C=O) groups excluding carboxylic acids is 1. The normalized spacial score (nSPS) is 12.5. The summed E-state index contributed by atoms with van der Waals surface area (Å²) in [5.74, 6) is 0.187. The van der Waals surface area contributed by atoms with Crippen LogP contribution >= 0.6 is 0 Å². The first-order chi connectivity index (χ1) is 14.8. The average molecular weight is 445 g/mol. The van der Waals surface area contributed by atoms with E-state index in [4.69, 9.17) is 9.15 Å². The van der Waals surface area contributed by atoms with Crippen LogP contribution in [0.5, 0.6) is 5.75 Å². The number of sulfonamides is 1. The van der Waals surface area contributed by atoms with Gasteiger partial charge in [-0.1, -0.05) is 19.1 Å². The first-order valence-corrected chi connectivity index (χ1v) is 11.0. The molecule has 2 aromatic carbocycles. The molecule has 0 aliphatic carbocycles. The minimum Gasteiger partial charge on any atom is -0.497 e. The van der Waals surface area contributed by atoms with Gasteiger partial charge in [-0.15, -0.1) is 10.2 Å². The second kappa shape index (κ2) is 9.27. The van der Waals surface area contributed by atoms with Gasteiger partial charge < -0.3 is 14.5 Å². The van der Waals surface area contributed by atoms with Gasteiger partial charge in [0.1, 0.15) is 5.75 Å². The molecule has 31 heavy (non-hydrogen) atoms. The van der Waals surface area contributed by atoms with Gasteiger partial charge in [0, 0.05) is 19.7 Å². The van der Waals surface area contributed by atoms with Crippen LogP contribution in [-0.2, 0) is 10.0 Å². The van der Waals surface area contributed by atoms with Crippen molar-refractivity contribution in [2.45, 2.75) is 24.3 Å². The molecule has 3 rings (SSSR count). The molecule has 164 valence electrons. The molecule has 1 unspecified atom stereocenters. The first kappa shape index (κ1) is 22.4. The SMILES string of the molecule is CCC(NC(=O)c1nnc(-c2ccc(S(=O)(=O)N(C)C)cc2)o1)c1ccc(OC)cc1. The number of carbonyl (C=O) groups is 1.